The third-order valence-corrected chi connectivity index (χ3v) is 5.72. The lowest BCUT2D eigenvalue weighted by Crippen LogP contribution is -2.30. The highest BCUT2D eigenvalue weighted by Crippen LogP contribution is 2.27. The minimum absolute atomic E-state index is 0.305. The van der Waals surface area contributed by atoms with Crippen molar-refractivity contribution < 1.29 is 14.6 Å². The minimum Gasteiger partial charge on any atom is -0.478 e. The molecule has 1 atom stereocenters. The Bertz CT molecular complexity index is 998. The molecule has 4 rings (SSSR count). The van der Waals surface area contributed by atoms with Crippen molar-refractivity contribution in [2.75, 3.05) is 24.5 Å². The predicted octanol–water partition coefficient (Wildman–Crippen LogP) is 5.45. The zero-order valence-electron chi connectivity index (χ0n) is 17.1. The summed E-state index contributed by atoms with van der Waals surface area (Å²) in [6.07, 6.45) is 1.16. The van der Waals surface area contributed by atoms with Crippen molar-refractivity contribution in [3.8, 4) is 11.5 Å². The molecule has 0 saturated carbocycles. The van der Waals surface area contributed by atoms with Crippen LogP contribution in [0.2, 0.25) is 5.02 Å². The van der Waals surface area contributed by atoms with Crippen LogP contribution in [0.5, 0.6) is 11.5 Å². The third kappa shape index (κ3) is 5.78. The highest BCUT2D eigenvalue weighted by molar-refractivity contribution is 6.30. The molecule has 0 spiro atoms. The first-order valence-corrected chi connectivity index (χ1v) is 10.8. The summed E-state index contributed by atoms with van der Waals surface area (Å²) in [5.41, 5.74) is 2.49. The number of rotatable bonds is 8. The number of carbonyl (C=O) groups is 1. The Morgan fingerprint density at radius 3 is 2.23 bits per heavy atom. The van der Waals surface area contributed by atoms with Crippen molar-refractivity contribution in [3.63, 3.8) is 0 Å². The summed E-state index contributed by atoms with van der Waals surface area (Å²) < 4.78 is 5.91. The lowest BCUT2D eigenvalue weighted by atomic mass is 10.1. The van der Waals surface area contributed by atoms with Crippen LogP contribution in [0.15, 0.2) is 72.8 Å². The van der Waals surface area contributed by atoms with Crippen molar-refractivity contribution in [2.45, 2.75) is 13.0 Å². The van der Waals surface area contributed by atoms with E-state index < -0.39 is 5.97 Å². The molecule has 0 radical (unpaired) electrons. The molecular formula is C25H25ClN2O3. The number of benzene rings is 3. The molecular weight excluding hydrogens is 412 g/mol. The number of carboxylic acid groups (broad SMARTS) is 1. The van der Waals surface area contributed by atoms with Gasteiger partial charge in [0.05, 0.1) is 5.56 Å². The Morgan fingerprint density at radius 2 is 1.65 bits per heavy atom. The maximum absolute atomic E-state index is 11.1. The number of nitrogens with one attached hydrogen (secondary N) is 1. The normalized spacial score (nSPS) is 15.6. The smallest absolute Gasteiger partial charge is 0.335 e. The van der Waals surface area contributed by atoms with Gasteiger partial charge in [0, 0.05) is 23.8 Å². The van der Waals surface area contributed by atoms with Gasteiger partial charge in [0.25, 0.3) is 0 Å². The fourth-order valence-electron chi connectivity index (χ4n) is 3.78. The number of halogens is 1. The first-order valence-electron chi connectivity index (χ1n) is 10.4. The van der Waals surface area contributed by atoms with Gasteiger partial charge in [-0.1, -0.05) is 23.7 Å². The summed E-state index contributed by atoms with van der Waals surface area (Å²) in [6.45, 7) is 3.73. The number of carboxylic acids is 1. The van der Waals surface area contributed by atoms with Gasteiger partial charge < -0.3 is 20.1 Å². The minimum atomic E-state index is -0.906. The summed E-state index contributed by atoms with van der Waals surface area (Å²) in [4.78, 5) is 13.5. The maximum atomic E-state index is 11.1. The highest BCUT2D eigenvalue weighted by atomic mass is 35.5. The molecule has 3 aromatic carbocycles. The van der Waals surface area contributed by atoms with Crippen LogP contribution in [-0.4, -0.2) is 30.7 Å². The predicted molar refractivity (Wildman–Crippen MR) is 123 cm³/mol. The highest BCUT2D eigenvalue weighted by Gasteiger charge is 2.19. The van der Waals surface area contributed by atoms with Gasteiger partial charge in [-0.2, -0.15) is 0 Å². The van der Waals surface area contributed by atoms with Gasteiger partial charge in [0.2, 0.25) is 0 Å². The van der Waals surface area contributed by atoms with Gasteiger partial charge in [0.1, 0.15) is 11.5 Å². The first-order chi connectivity index (χ1) is 15.1. The maximum Gasteiger partial charge on any atom is 0.335 e. The van der Waals surface area contributed by atoms with Crippen LogP contribution in [0.1, 0.15) is 22.3 Å². The van der Waals surface area contributed by atoms with Crippen molar-refractivity contribution >= 4 is 23.3 Å². The second kappa shape index (κ2) is 9.86. The average molecular weight is 437 g/mol. The van der Waals surface area contributed by atoms with Crippen molar-refractivity contribution in [2.24, 2.45) is 5.92 Å². The molecule has 0 amide bonds. The summed E-state index contributed by atoms with van der Waals surface area (Å²) in [6, 6.07) is 22.5. The van der Waals surface area contributed by atoms with E-state index in [0.717, 1.165) is 48.8 Å². The molecule has 0 aliphatic carbocycles. The van der Waals surface area contributed by atoms with E-state index in [1.165, 1.54) is 0 Å². The summed E-state index contributed by atoms with van der Waals surface area (Å²) in [7, 11) is 0. The lowest BCUT2D eigenvalue weighted by molar-refractivity contribution is 0.0697. The molecule has 2 N–H and O–H groups in total. The second-order valence-electron chi connectivity index (χ2n) is 7.79. The SMILES string of the molecule is O=C(O)c1ccc(CN(CC2CCNC2)c2ccc(Oc3ccc(Cl)cc3)cc2)cc1. The van der Waals surface area contributed by atoms with Gasteiger partial charge in [-0.3, -0.25) is 0 Å². The van der Waals surface area contributed by atoms with E-state index in [1.807, 2.05) is 36.4 Å². The number of aromatic carboxylic acids is 1. The van der Waals surface area contributed by atoms with Gasteiger partial charge in [-0.05, 0) is 91.7 Å². The van der Waals surface area contributed by atoms with E-state index in [4.69, 9.17) is 21.4 Å². The summed E-state index contributed by atoms with van der Waals surface area (Å²) in [5.74, 6) is 1.18. The van der Waals surface area contributed by atoms with Gasteiger partial charge in [-0.15, -0.1) is 0 Å². The molecule has 0 aromatic heterocycles. The Labute approximate surface area is 187 Å². The number of nitrogens with zero attached hydrogens (tertiary/aromatic N) is 1. The van der Waals surface area contributed by atoms with Crippen LogP contribution in [0.25, 0.3) is 0 Å². The molecule has 6 heteroatoms. The van der Waals surface area contributed by atoms with Crippen molar-refractivity contribution in [1.29, 1.82) is 0 Å². The quantitative estimate of drug-likeness (QED) is 0.492. The Morgan fingerprint density at radius 1 is 1.00 bits per heavy atom. The first kappa shape index (κ1) is 21.2. The fourth-order valence-corrected chi connectivity index (χ4v) is 3.91. The van der Waals surface area contributed by atoms with Crippen LogP contribution in [-0.2, 0) is 6.54 Å². The van der Waals surface area contributed by atoms with Gasteiger partial charge >= 0.3 is 5.97 Å². The van der Waals surface area contributed by atoms with E-state index in [-0.39, 0.29) is 0 Å². The molecule has 1 fully saturated rings. The molecule has 31 heavy (non-hydrogen) atoms. The van der Waals surface area contributed by atoms with Crippen molar-refractivity contribution in [3.05, 3.63) is 88.9 Å². The largest absolute Gasteiger partial charge is 0.478 e. The Hall–Kier alpha value is -3.02. The average Bonchev–Trinajstić information content (AvgIpc) is 3.29. The molecule has 1 aliphatic rings. The number of hydrogen-bond donors (Lipinski definition) is 2. The second-order valence-corrected chi connectivity index (χ2v) is 8.23. The third-order valence-electron chi connectivity index (χ3n) is 5.47. The lowest BCUT2D eigenvalue weighted by Gasteiger charge is -2.28. The number of hydrogen-bond acceptors (Lipinski definition) is 4. The van der Waals surface area contributed by atoms with Gasteiger partial charge in [0.15, 0.2) is 0 Å². The molecule has 1 aliphatic heterocycles. The molecule has 1 unspecified atom stereocenters. The van der Waals surface area contributed by atoms with E-state index in [2.05, 4.69) is 22.3 Å². The number of anilines is 1. The van der Waals surface area contributed by atoms with E-state index in [1.54, 1.807) is 24.3 Å². The molecule has 1 heterocycles. The molecule has 160 valence electrons. The van der Waals surface area contributed by atoms with Gasteiger partial charge in [-0.25, -0.2) is 4.79 Å². The molecule has 1 saturated heterocycles. The zero-order chi connectivity index (χ0) is 21.6. The Balaban J connectivity index is 1.49. The monoisotopic (exact) mass is 436 g/mol. The molecule has 3 aromatic rings. The summed E-state index contributed by atoms with van der Waals surface area (Å²) >= 11 is 5.94. The standard InChI is InChI=1S/C25H25ClN2O3/c26-21-5-9-23(10-6-21)31-24-11-7-22(8-12-24)28(17-19-13-14-27-15-19)16-18-1-3-20(4-2-18)25(29)30/h1-12,19,27H,13-17H2,(H,29,30). The van der Waals surface area contributed by atoms with Crippen LogP contribution < -0.4 is 15.0 Å². The van der Waals surface area contributed by atoms with Crippen LogP contribution in [0.3, 0.4) is 0 Å². The molecule has 0 bridgehead atoms. The van der Waals surface area contributed by atoms with E-state index in [0.29, 0.717) is 23.0 Å². The molecule has 5 nitrogen and oxygen atoms in total. The Kier molecular flexibility index (Phi) is 6.75. The van der Waals surface area contributed by atoms with E-state index in [9.17, 15) is 4.79 Å². The summed E-state index contributed by atoms with van der Waals surface area (Å²) in [5, 5.41) is 13.2. The zero-order valence-corrected chi connectivity index (χ0v) is 17.9. The van der Waals surface area contributed by atoms with Crippen LogP contribution in [0.4, 0.5) is 5.69 Å². The number of ether oxygens (including phenoxy) is 1. The topological polar surface area (TPSA) is 61.8 Å². The van der Waals surface area contributed by atoms with Crippen LogP contribution in [0, 0.1) is 5.92 Å². The van der Waals surface area contributed by atoms with Crippen molar-refractivity contribution in [1.82, 2.24) is 5.32 Å². The van der Waals surface area contributed by atoms with Crippen LogP contribution >= 0.6 is 11.6 Å². The van der Waals surface area contributed by atoms with E-state index >= 15 is 0 Å². The fraction of sp³-hybridized carbons (Fsp3) is 0.240.